The molecular weight excluding hydrogens is 348 g/mol. The molecule has 0 radical (unpaired) electrons. The fraction of sp³-hybridized carbons (Fsp3) is 0.700. The second kappa shape index (κ2) is 9.31. The molecule has 1 aromatic carbocycles. The van der Waals surface area contributed by atoms with Crippen LogP contribution in [0.3, 0.4) is 0 Å². The number of aryl methyl sites for hydroxylation is 1. The standard InChI is InChI=1S/C20H32N2O3S/c1-25-17-19-12-15-21(16-13-19)26(23,24)22-14-6-5-9-20(22)11-10-18-7-3-2-4-8-18/h2-4,7-8,19-20H,5-6,9-17H2,1H3/t20-/m0/s1. The van der Waals surface area contributed by atoms with Gasteiger partial charge in [0.1, 0.15) is 0 Å². The number of piperidine rings is 2. The van der Waals surface area contributed by atoms with E-state index in [1.807, 2.05) is 6.07 Å². The molecular formula is C20H32N2O3S. The highest BCUT2D eigenvalue weighted by Crippen LogP contribution is 2.28. The second-order valence-corrected chi connectivity index (χ2v) is 9.47. The highest BCUT2D eigenvalue weighted by atomic mass is 32.2. The molecule has 0 N–H and O–H groups in total. The lowest BCUT2D eigenvalue weighted by atomic mass is 9.98. The van der Waals surface area contributed by atoms with Crippen LogP contribution in [-0.4, -0.2) is 56.4 Å². The summed E-state index contributed by atoms with van der Waals surface area (Å²) in [5.41, 5.74) is 1.29. The molecule has 2 fully saturated rings. The summed E-state index contributed by atoms with van der Waals surface area (Å²) in [6.07, 6.45) is 6.72. The van der Waals surface area contributed by atoms with E-state index in [2.05, 4.69) is 24.3 Å². The Balaban J connectivity index is 1.62. The number of rotatable bonds is 7. The van der Waals surface area contributed by atoms with Crippen molar-refractivity contribution < 1.29 is 13.2 Å². The van der Waals surface area contributed by atoms with Gasteiger partial charge in [0.05, 0.1) is 0 Å². The number of methoxy groups -OCH3 is 1. The maximum Gasteiger partial charge on any atom is 0.282 e. The van der Waals surface area contributed by atoms with Gasteiger partial charge in [-0.1, -0.05) is 36.8 Å². The van der Waals surface area contributed by atoms with E-state index in [4.69, 9.17) is 4.74 Å². The van der Waals surface area contributed by atoms with Crippen LogP contribution in [0.4, 0.5) is 0 Å². The maximum atomic E-state index is 13.2. The van der Waals surface area contributed by atoms with E-state index in [-0.39, 0.29) is 6.04 Å². The van der Waals surface area contributed by atoms with Gasteiger partial charge in [-0.25, -0.2) is 0 Å². The van der Waals surface area contributed by atoms with Crippen LogP contribution < -0.4 is 0 Å². The van der Waals surface area contributed by atoms with Crippen molar-refractivity contribution in [1.29, 1.82) is 0 Å². The van der Waals surface area contributed by atoms with Gasteiger partial charge in [-0.2, -0.15) is 17.0 Å². The zero-order valence-corrected chi connectivity index (χ0v) is 16.7. The van der Waals surface area contributed by atoms with E-state index in [1.54, 1.807) is 15.7 Å². The van der Waals surface area contributed by atoms with Gasteiger partial charge in [0.2, 0.25) is 0 Å². The lowest BCUT2D eigenvalue weighted by molar-refractivity contribution is 0.117. The van der Waals surface area contributed by atoms with Gasteiger partial charge < -0.3 is 4.74 Å². The Bertz CT molecular complexity index is 642. The van der Waals surface area contributed by atoms with E-state index in [1.165, 1.54) is 5.56 Å². The molecule has 2 saturated heterocycles. The number of ether oxygens (including phenoxy) is 1. The average Bonchev–Trinajstić information content (AvgIpc) is 2.68. The van der Waals surface area contributed by atoms with Gasteiger partial charge in [-0.15, -0.1) is 0 Å². The van der Waals surface area contributed by atoms with E-state index in [9.17, 15) is 8.42 Å². The number of benzene rings is 1. The summed E-state index contributed by atoms with van der Waals surface area (Å²) >= 11 is 0. The van der Waals surface area contributed by atoms with Crippen LogP contribution in [0.15, 0.2) is 30.3 Å². The summed E-state index contributed by atoms with van der Waals surface area (Å²) in [4.78, 5) is 0. The van der Waals surface area contributed by atoms with Gasteiger partial charge in [-0.05, 0) is 50.0 Å². The van der Waals surface area contributed by atoms with Gasteiger partial charge >= 0.3 is 0 Å². The Morgan fingerprint density at radius 3 is 2.46 bits per heavy atom. The fourth-order valence-corrected chi connectivity index (χ4v) is 6.15. The van der Waals surface area contributed by atoms with Gasteiger partial charge in [-0.3, -0.25) is 0 Å². The molecule has 3 rings (SSSR count). The van der Waals surface area contributed by atoms with Crippen molar-refractivity contribution in [2.45, 2.75) is 51.0 Å². The molecule has 2 heterocycles. The smallest absolute Gasteiger partial charge is 0.282 e. The fourth-order valence-electron chi connectivity index (χ4n) is 4.23. The van der Waals surface area contributed by atoms with Crippen LogP contribution in [0.5, 0.6) is 0 Å². The molecule has 5 nitrogen and oxygen atoms in total. The zero-order valence-electron chi connectivity index (χ0n) is 15.8. The SMILES string of the molecule is COCC1CCN(S(=O)(=O)N2CCCC[C@H]2CCc2ccccc2)CC1. The van der Waals surface area contributed by atoms with Crippen LogP contribution in [0.1, 0.15) is 44.1 Å². The highest BCUT2D eigenvalue weighted by molar-refractivity contribution is 7.86. The molecule has 26 heavy (non-hydrogen) atoms. The van der Waals surface area contributed by atoms with Gasteiger partial charge in [0.15, 0.2) is 0 Å². The van der Waals surface area contributed by atoms with Crippen LogP contribution >= 0.6 is 0 Å². The predicted octanol–water partition coefficient (Wildman–Crippen LogP) is 3.08. The van der Waals surface area contributed by atoms with Crippen molar-refractivity contribution in [3.8, 4) is 0 Å². The lowest BCUT2D eigenvalue weighted by Gasteiger charge is -2.40. The molecule has 0 spiro atoms. The van der Waals surface area contributed by atoms with Crippen LogP contribution in [0, 0.1) is 5.92 Å². The van der Waals surface area contributed by atoms with Crippen LogP contribution in [0.25, 0.3) is 0 Å². The first kappa shape index (κ1) is 19.8. The monoisotopic (exact) mass is 380 g/mol. The van der Waals surface area contributed by atoms with Gasteiger partial charge in [0.25, 0.3) is 10.2 Å². The molecule has 1 aromatic rings. The molecule has 146 valence electrons. The Morgan fingerprint density at radius 2 is 1.77 bits per heavy atom. The molecule has 0 aromatic heterocycles. The van der Waals surface area contributed by atoms with Crippen molar-refractivity contribution in [3.05, 3.63) is 35.9 Å². The van der Waals surface area contributed by atoms with Crippen molar-refractivity contribution in [2.75, 3.05) is 33.4 Å². The zero-order chi connectivity index (χ0) is 18.4. The quantitative estimate of drug-likeness (QED) is 0.730. The molecule has 6 heteroatoms. The van der Waals surface area contributed by atoms with Crippen LogP contribution in [-0.2, 0) is 21.4 Å². The Hall–Kier alpha value is -0.950. The Morgan fingerprint density at radius 1 is 1.04 bits per heavy atom. The largest absolute Gasteiger partial charge is 0.384 e. The number of nitrogens with zero attached hydrogens (tertiary/aromatic N) is 2. The molecule has 2 aliphatic rings. The predicted molar refractivity (Wildman–Crippen MR) is 104 cm³/mol. The van der Waals surface area contributed by atoms with E-state index >= 15 is 0 Å². The minimum absolute atomic E-state index is 0.130. The first-order valence-electron chi connectivity index (χ1n) is 9.91. The lowest BCUT2D eigenvalue weighted by Crippen LogP contribution is -2.52. The third-order valence-electron chi connectivity index (χ3n) is 5.78. The third kappa shape index (κ3) is 4.85. The van der Waals surface area contributed by atoms with E-state index in [0.29, 0.717) is 25.6 Å². The molecule has 0 saturated carbocycles. The molecule has 0 aliphatic carbocycles. The van der Waals surface area contributed by atoms with Gasteiger partial charge in [0, 0.05) is 39.4 Å². The number of hydrogen-bond acceptors (Lipinski definition) is 3. The van der Waals surface area contributed by atoms with Crippen LogP contribution in [0.2, 0.25) is 0 Å². The average molecular weight is 381 g/mol. The summed E-state index contributed by atoms with van der Waals surface area (Å²) in [5, 5.41) is 0. The minimum Gasteiger partial charge on any atom is -0.384 e. The van der Waals surface area contributed by atoms with Crippen molar-refractivity contribution in [1.82, 2.24) is 8.61 Å². The summed E-state index contributed by atoms with van der Waals surface area (Å²) in [6, 6.07) is 10.5. The van der Waals surface area contributed by atoms with Crippen molar-refractivity contribution in [3.63, 3.8) is 0 Å². The van der Waals surface area contributed by atoms with E-state index < -0.39 is 10.2 Å². The third-order valence-corrected chi connectivity index (χ3v) is 7.87. The number of hydrogen-bond donors (Lipinski definition) is 0. The molecule has 0 bridgehead atoms. The Kier molecular flexibility index (Phi) is 7.09. The summed E-state index contributed by atoms with van der Waals surface area (Å²) < 4.78 is 35.2. The maximum absolute atomic E-state index is 13.2. The molecule has 2 aliphatic heterocycles. The first-order chi connectivity index (χ1) is 12.6. The highest BCUT2D eigenvalue weighted by Gasteiger charge is 2.37. The summed E-state index contributed by atoms with van der Waals surface area (Å²) in [7, 11) is -1.63. The van der Waals surface area contributed by atoms with E-state index in [0.717, 1.165) is 51.6 Å². The van der Waals surface area contributed by atoms with Crippen molar-refractivity contribution >= 4 is 10.2 Å². The summed E-state index contributed by atoms with van der Waals surface area (Å²) in [6.45, 7) is 2.65. The normalized spacial score (nSPS) is 24.0. The van der Waals surface area contributed by atoms with Crippen molar-refractivity contribution in [2.24, 2.45) is 5.92 Å². The Labute approximate surface area is 158 Å². The minimum atomic E-state index is -3.35. The molecule has 0 unspecified atom stereocenters. The summed E-state index contributed by atoms with van der Waals surface area (Å²) in [5.74, 6) is 0.488. The first-order valence-corrected chi connectivity index (χ1v) is 11.3. The molecule has 0 amide bonds. The second-order valence-electron chi connectivity index (χ2n) is 7.59. The molecule has 1 atom stereocenters. The topological polar surface area (TPSA) is 49.9 Å².